The van der Waals surface area contributed by atoms with Crippen LogP contribution in [0.15, 0.2) is 35.1 Å². The molecule has 0 spiro atoms. The average molecular weight is 351 g/mol. The lowest BCUT2D eigenvalue weighted by Crippen LogP contribution is -2.22. The summed E-state index contributed by atoms with van der Waals surface area (Å²) in [7, 11) is 0. The van der Waals surface area contributed by atoms with Gasteiger partial charge in [-0.3, -0.25) is 9.48 Å². The molecule has 0 radical (unpaired) electrons. The van der Waals surface area contributed by atoms with Crippen LogP contribution in [0.4, 0.5) is 17.6 Å². The highest BCUT2D eigenvalue weighted by atomic mass is 79.9. The van der Waals surface area contributed by atoms with Crippen molar-refractivity contribution < 1.29 is 22.4 Å². The van der Waals surface area contributed by atoms with Gasteiger partial charge in [0.15, 0.2) is 0 Å². The summed E-state index contributed by atoms with van der Waals surface area (Å²) in [5.41, 5.74) is -0.0426. The molecular formula is C12H7BrF4N2O. The topological polar surface area (TPSA) is 34.9 Å². The molecule has 1 heterocycles. The molecule has 0 saturated heterocycles. The minimum Gasteiger partial charge on any atom is -0.284 e. The van der Waals surface area contributed by atoms with E-state index in [-0.39, 0.29) is 6.54 Å². The van der Waals surface area contributed by atoms with Gasteiger partial charge in [0.2, 0.25) is 0 Å². The Kier molecular flexibility index (Phi) is 3.94. The third-order valence-electron chi connectivity index (χ3n) is 2.42. The molecule has 0 saturated carbocycles. The summed E-state index contributed by atoms with van der Waals surface area (Å²) in [5, 5.41) is 3.66. The number of carbonyl (C=O) groups is 1. The van der Waals surface area contributed by atoms with Gasteiger partial charge in [0.1, 0.15) is 5.82 Å². The first-order valence-corrected chi connectivity index (χ1v) is 6.14. The van der Waals surface area contributed by atoms with E-state index in [1.54, 1.807) is 6.07 Å². The van der Waals surface area contributed by atoms with E-state index in [0.717, 1.165) is 17.1 Å². The van der Waals surface area contributed by atoms with Gasteiger partial charge in [0, 0.05) is 10.7 Å². The van der Waals surface area contributed by atoms with E-state index < -0.39 is 23.3 Å². The van der Waals surface area contributed by atoms with Gasteiger partial charge in [-0.25, -0.2) is 4.39 Å². The van der Waals surface area contributed by atoms with Crippen LogP contribution in [0.1, 0.15) is 15.9 Å². The molecule has 1 aromatic carbocycles. The summed E-state index contributed by atoms with van der Waals surface area (Å²) < 4.78 is 51.5. The molecular weight excluding hydrogens is 344 g/mol. The molecule has 8 heteroatoms. The van der Waals surface area contributed by atoms with Crippen LogP contribution < -0.4 is 0 Å². The van der Waals surface area contributed by atoms with Crippen LogP contribution >= 0.6 is 15.9 Å². The largest absolute Gasteiger partial charge is 0.454 e. The fraction of sp³-hybridized carbons (Fsp3) is 0.167. The number of carbonyl (C=O) groups excluding carboxylic acids is 1. The zero-order valence-corrected chi connectivity index (χ0v) is 11.4. The van der Waals surface area contributed by atoms with Gasteiger partial charge < -0.3 is 0 Å². The van der Waals surface area contributed by atoms with Crippen molar-refractivity contribution in [3.8, 4) is 0 Å². The normalized spacial score (nSPS) is 11.7. The van der Waals surface area contributed by atoms with Crippen molar-refractivity contribution in [2.45, 2.75) is 12.7 Å². The lowest BCUT2D eigenvalue weighted by Gasteiger charge is -2.03. The number of nitrogens with zero attached hydrogens (tertiary/aromatic N) is 2. The summed E-state index contributed by atoms with van der Waals surface area (Å²) in [4.78, 5) is 11.0. The number of Topliss-reactive ketones (excluding diaryl/α,β-unsaturated/α-hetero) is 1. The molecule has 0 fully saturated rings. The van der Waals surface area contributed by atoms with Gasteiger partial charge in [-0.2, -0.15) is 18.3 Å². The quantitative estimate of drug-likeness (QED) is 0.626. The average Bonchev–Trinajstić information content (AvgIpc) is 2.73. The summed E-state index contributed by atoms with van der Waals surface area (Å²) in [6.45, 7) is 0.0570. The van der Waals surface area contributed by atoms with E-state index in [1.807, 2.05) is 0 Å². The maximum atomic E-state index is 13.2. The molecule has 0 N–H and O–H groups in total. The zero-order valence-electron chi connectivity index (χ0n) is 9.79. The van der Waals surface area contributed by atoms with E-state index >= 15 is 0 Å². The number of rotatable bonds is 3. The van der Waals surface area contributed by atoms with Crippen LogP contribution in [-0.4, -0.2) is 21.7 Å². The monoisotopic (exact) mass is 350 g/mol. The molecule has 0 aliphatic heterocycles. The van der Waals surface area contributed by atoms with Crippen molar-refractivity contribution >= 4 is 21.7 Å². The van der Waals surface area contributed by atoms with Gasteiger partial charge in [0.05, 0.1) is 18.3 Å². The third-order valence-corrected chi connectivity index (χ3v) is 2.88. The van der Waals surface area contributed by atoms with E-state index in [9.17, 15) is 22.4 Å². The summed E-state index contributed by atoms with van der Waals surface area (Å²) in [6, 6.07) is 4.10. The van der Waals surface area contributed by atoms with Crippen LogP contribution in [-0.2, 0) is 6.54 Å². The molecule has 1 aromatic heterocycles. The molecule has 0 bridgehead atoms. The Morgan fingerprint density at radius 3 is 2.60 bits per heavy atom. The van der Waals surface area contributed by atoms with Gasteiger partial charge >= 0.3 is 6.18 Å². The molecule has 2 rings (SSSR count). The van der Waals surface area contributed by atoms with Crippen molar-refractivity contribution in [1.29, 1.82) is 0 Å². The lowest BCUT2D eigenvalue weighted by atomic mass is 10.2. The van der Waals surface area contributed by atoms with E-state index in [2.05, 4.69) is 21.0 Å². The fourth-order valence-corrected chi connectivity index (χ4v) is 2.13. The number of halogens is 5. The number of hydrogen-bond donors (Lipinski definition) is 0. The van der Waals surface area contributed by atoms with Gasteiger partial charge in [-0.15, -0.1) is 0 Å². The predicted octanol–water partition coefficient (Wildman–Crippen LogP) is 3.58. The standard InChI is InChI=1S/C12H7BrF4N2O/c13-9-1-7(2-10(14)3-9)5-19-6-8(4-18-19)11(20)12(15,16)17/h1-4,6H,5H2. The minimum atomic E-state index is -4.93. The molecule has 0 atom stereocenters. The van der Waals surface area contributed by atoms with Gasteiger partial charge in [0.25, 0.3) is 5.78 Å². The molecule has 3 nitrogen and oxygen atoms in total. The maximum absolute atomic E-state index is 13.2. The Bertz CT molecular complexity index is 631. The highest BCUT2D eigenvalue weighted by Crippen LogP contribution is 2.21. The van der Waals surface area contributed by atoms with Crippen molar-refractivity contribution in [3.63, 3.8) is 0 Å². The molecule has 2 aromatic rings. The first-order chi connectivity index (χ1) is 9.25. The summed E-state index contributed by atoms with van der Waals surface area (Å²) >= 11 is 3.11. The number of hydrogen-bond acceptors (Lipinski definition) is 2. The zero-order chi connectivity index (χ0) is 14.9. The molecule has 0 unspecified atom stereocenters. The van der Waals surface area contributed by atoms with Crippen LogP contribution in [0.2, 0.25) is 0 Å². The van der Waals surface area contributed by atoms with Crippen molar-refractivity contribution in [2.24, 2.45) is 0 Å². The summed E-state index contributed by atoms with van der Waals surface area (Å²) in [6.07, 6.45) is -3.12. The van der Waals surface area contributed by atoms with Crippen LogP contribution in [0, 0.1) is 5.82 Å². The smallest absolute Gasteiger partial charge is 0.284 e. The number of ketones is 1. The number of benzene rings is 1. The summed E-state index contributed by atoms with van der Waals surface area (Å²) in [5.74, 6) is -2.43. The minimum absolute atomic E-state index is 0.0570. The van der Waals surface area contributed by atoms with Crippen LogP contribution in [0.3, 0.4) is 0 Å². The highest BCUT2D eigenvalue weighted by molar-refractivity contribution is 9.10. The second-order valence-electron chi connectivity index (χ2n) is 4.03. The Hall–Kier alpha value is -1.70. The Balaban J connectivity index is 2.20. The maximum Gasteiger partial charge on any atom is 0.454 e. The molecule has 20 heavy (non-hydrogen) atoms. The van der Waals surface area contributed by atoms with Crippen LogP contribution in [0.25, 0.3) is 0 Å². The van der Waals surface area contributed by atoms with E-state index in [4.69, 9.17) is 0 Å². The Morgan fingerprint density at radius 2 is 2.00 bits per heavy atom. The first kappa shape index (κ1) is 14.7. The van der Waals surface area contributed by atoms with Crippen LogP contribution in [0.5, 0.6) is 0 Å². The Labute approximate surface area is 119 Å². The lowest BCUT2D eigenvalue weighted by molar-refractivity contribution is -0.0885. The SMILES string of the molecule is O=C(c1cnn(Cc2cc(F)cc(Br)c2)c1)C(F)(F)F. The number of alkyl halides is 3. The van der Waals surface area contributed by atoms with Crippen molar-refractivity contribution in [1.82, 2.24) is 9.78 Å². The van der Waals surface area contributed by atoms with E-state index in [0.29, 0.717) is 10.0 Å². The second-order valence-corrected chi connectivity index (χ2v) is 4.95. The van der Waals surface area contributed by atoms with Crippen molar-refractivity contribution in [2.75, 3.05) is 0 Å². The fourth-order valence-electron chi connectivity index (χ4n) is 1.62. The van der Waals surface area contributed by atoms with Gasteiger partial charge in [-0.1, -0.05) is 15.9 Å². The van der Waals surface area contributed by atoms with E-state index in [1.165, 1.54) is 12.1 Å². The van der Waals surface area contributed by atoms with Gasteiger partial charge in [-0.05, 0) is 23.8 Å². The molecule has 0 aliphatic carbocycles. The first-order valence-electron chi connectivity index (χ1n) is 5.34. The predicted molar refractivity (Wildman–Crippen MR) is 65.8 cm³/mol. The highest BCUT2D eigenvalue weighted by Gasteiger charge is 2.39. The van der Waals surface area contributed by atoms with Crippen molar-refractivity contribution in [3.05, 3.63) is 52.0 Å². The third kappa shape index (κ3) is 3.44. The molecule has 106 valence electrons. The Morgan fingerprint density at radius 1 is 1.30 bits per heavy atom. The second kappa shape index (κ2) is 5.35. The molecule has 0 aliphatic rings. The molecule has 0 amide bonds. The number of aromatic nitrogens is 2.